The van der Waals surface area contributed by atoms with E-state index in [1.165, 1.54) is 6.21 Å². The summed E-state index contributed by atoms with van der Waals surface area (Å²) in [5, 5.41) is 15.3. The summed E-state index contributed by atoms with van der Waals surface area (Å²) in [5.41, 5.74) is 1.87. The molecule has 0 saturated heterocycles. The molecule has 0 radical (unpaired) electrons. The van der Waals surface area contributed by atoms with Gasteiger partial charge in [-0.05, 0) is 13.8 Å². The Morgan fingerprint density at radius 3 is 3.00 bits per heavy atom. The number of aryl methyl sites for hydroxylation is 1. The number of nitrogens with zero attached hydrogens (tertiary/aromatic N) is 3. The van der Waals surface area contributed by atoms with Crippen molar-refractivity contribution in [2.45, 2.75) is 20.4 Å². The number of aromatic nitrogens is 2. The molecule has 0 amide bonds. The number of rotatable bonds is 2. The predicted molar refractivity (Wildman–Crippen MR) is 42.0 cm³/mol. The van der Waals surface area contributed by atoms with Crippen molar-refractivity contribution in [2.75, 3.05) is 0 Å². The van der Waals surface area contributed by atoms with Crippen molar-refractivity contribution in [2.24, 2.45) is 5.16 Å². The van der Waals surface area contributed by atoms with E-state index in [9.17, 15) is 0 Å². The molecular weight excluding hydrogens is 142 g/mol. The highest BCUT2D eigenvalue weighted by Crippen LogP contribution is 2.03. The molecule has 0 aliphatic carbocycles. The summed E-state index contributed by atoms with van der Waals surface area (Å²) in [5.74, 6) is 0. The minimum absolute atomic E-state index is 0.838. The number of hydrogen-bond acceptors (Lipinski definition) is 3. The lowest BCUT2D eigenvalue weighted by atomic mass is 10.3. The predicted octanol–water partition coefficient (Wildman–Crippen LogP) is 1.02. The molecule has 1 heterocycles. The first-order valence-electron chi connectivity index (χ1n) is 3.49. The largest absolute Gasteiger partial charge is 0.411 e. The van der Waals surface area contributed by atoms with Crippen molar-refractivity contribution in [3.8, 4) is 0 Å². The van der Waals surface area contributed by atoms with Gasteiger partial charge in [-0.25, -0.2) is 0 Å². The smallest absolute Gasteiger partial charge is 0.0768 e. The maximum atomic E-state index is 8.26. The van der Waals surface area contributed by atoms with Crippen molar-refractivity contribution < 1.29 is 5.21 Å². The third-order valence-corrected chi connectivity index (χ3v) is 1.64. The van der Waals surface area contributed by atoms with E-state index in [1.807, 2.05) is 18.5 Å². The first kappa shape index (κ1) is 7.78. The fraction of sp³-hybridized carbons (Fsp3) is 0.429. The van der Waals surface area contributed by atoms with Gasteiger partial charge >= 0.3 is 0 Å². The third-order valence-electron chi connectivity index (χ3n) is 1.64. The Hall–Kier alpha value is -1.32. The van der Waals surface area contributed by atoms with Gasteiger partial charge in [-0.2, -0.15) is 5.10 Å². The number of oxime groups is 1. The second kappa shape index (κ2) is 3.18. The van der Waals surface area contributed by atoms with Crippen LogP contribution in [0.1, 0.15) is 18.2 Å². The van der Waals surface area contributed by atoms with Crippen LogP contribution < -0.4 is 0 Å². The summed E-state index contributed by atoms with van der Waals surface area (Å²) in [6.07, 6.45) is 3.06. The van der Waals surface area contributed by atoms with Gasteiger partial charge in [0.15, 0.2) is 0 Å². The molecule has 0 saturated carbocycles. The molecule has 11 heavy (non-hydrogen) atoms. The quantitative estimate of drug-likeness (QED) is 0.392. The Labute approximate surface area is 65.1 Å². The zero-order chi connectivity index (χ0) is 8.27. The second-order valence-corrected chi connectivity index (χ2v) is 2.25. The van der Waals surface area contributed by atoms with E-state index in [1.54, 1.807) is 6.20 Å². The molecule has 0 spiro atoms. The van der Waals surface area contributed by atoms with E-state index >= 15 is 0 Å². The lowest BCUT2D eigenvalue weighted by molar-refractivity contribution is 0.322. The first-order chi connectivity index (χ1) is 5.29. The zero-order valence-corrected chi connectivity index (χ0v) is 6.65. The highest BCUT2D eigenvalue weighted by atomic mass is 16.4. The lowest BCUT2D eigenvalue weighted by Crippen LogP contribution is -1.98. The van der Waals surface area contributed by atoms with Crippen LogP contribution in [0.5, 0.6) is 0 Å². The molecule has 1 N–H and O–H groups in total. The molecule has 4 nitrogen and oxygen atoms in total. The molecule has 0 aromatic carbocycles. The van der Waals surface area contributed by atoms with Crippen molar-refractivity contribution in [1.82, 2.24) is 9.78 Å². The third kappa shape index (κ3) is 1.39. The SMILES string of the molecule is CCn1ncc(/C=N\O)c1C. The first-order valence-corrected chi connectivity index (χ1v) is 3.49. The van der Waals surface area contributed by atoms with Crippen molar-refractivity contribution in [3.05, 3.63) is 17.5 Å². The van der Waals surface area contributed by atoms with Gasteiger partial charge in [0.25, 0.3) is 0 Å². The Morgan fingerprint density at radius 1 is 1.82 bits per heavy atom. The Kier molecular flexibility index (Phi) is 2.25. The van der Waals surface area contributed by atoms with Gasteiger partial charge in [-0.3, -0.25) is 4.68 Å². The van der Waals surface area contributed by atoms with E-state index in [4.69, 9.17) is 5.21 Å². The Balaban J connectivity index is 3.00. The van der Waals surface area contributed by atoms with Crippen LogP contribution in [0.3, 0.4) is 0 Å². The topological polar surface area (TPSA) is 50.4 Å². The Bertz CT molecular complexity index is 265. The van der Waals surface area contributed by atoms with Crippen LogP contribution in [0.4, 0.5) is 0 Å². The van der Waals surface area contributed by atoms with Crippen LogP contribution >= 0.6 is 0 Å². The van der Waals surface area contributed by atoms with Crippen LogP contribution in [0.2, 0.25) is 0 Å². The van der Waals surface area contributed by atoms with E-state index < -0.39 is 0 Å². The molecule has 0 atom stereocenters. The molecule has 0 bridgehead atoms. The fourth-order valence-corrected chi connectivity index (χ4v) is 0.969. The second-order valence-electron chi connectivity index (χ2n) is 2.25. The van der Waals surface area contributed by atoms with Crippen LogP contribution in [0.25, 0.3) is 0 Å². The standard InChI is InChI=1S/C7H11N3O/c1-3-10-6(2)7(4-8-10)5-9-11/h4-5,11H,3H2,1-2H3/b9-5-. The van der Waals surface area contributed by atoms with E-state index in [0.717, 1.165) is 17.8 Å². The molecule has 0 fully saturated rings. The van der Waals surface area contributed by atoms with Crippen LogP contribution in [0.15, 0.2) is 11.4 Å². The summed E-state index contributed by atoms with van der Waals surface area (Å²) in [6.45, 7) is 4.79. The highest BCUT2D eigenvalue weighted by molar-refractivity contribution is 5.79. The van der Waals surface area contributed by atoms with Crippen LogP contribution in [0, 0.1) is 6.92 Å². The van der Waals surface area contributed by atoms with Gasteiger partial charge < -0.3 is 5.21 Å². The van der Waals surface area contributed by atoms with Crippen molar-refractivity contribution >= 4 is 6.21 Å². The van der Waals surface area contributed by atoms with E-state index in [2.05, 4.69) is 10.3 Å². The molecule has 1 rings (SSSR count). The summed E-state index contributed by atoms with van der Waals surface area (Å²) in [6, 6.07) is 0. The summed E-state index contributed by atoms with van der Waals surface area (Å²) >= 11 is 0. The molecule has 0 unspecified atom stereocenters. The molecule has 1 aromatic rings. The highest BCUT2D eigenvalue weighted by Gasteiger charge is 2.00. The van der Waals surface area contributed by atoms with Gasteiger partial charge in [0.05, 0.1) is 12.4 Å². The van der Waals surface area contributed by atoms with E-state index in [-0.39, 0.29) is 0 Å². The lowest BCUT2D eigenvalue weighted by Gasteiger charge is -1.97. The summed E-state index contributed by atoms with van der Waals surface area (Å²) < 4.78 is 1.84. The molecule has 0 aliphatic heterocycles. The maximum absolute atomic E-state index is 8.26. The normalized spacial score (nSPS) is 11.1. The Morgan fingerprint density at radius 2 is 2.55 bits per heavy atom. The average molecular weight is 153 g/mol. The summed E-state index contributed by atoms with van der Waals surface area (Å²) in [4.78, 5) is 0. The van der Waals surface area contributed by atoms with Crippen molar-refractivity contribution in [1.29, 1.82) is 0 Å². The van der Waals surface area contributed by atoms with Gasteiger partial charge in [0.2, 0.25) is 0 Å². The molecule has 4 heteroatoms. The van der Waals surface area contributed by atoms with Crippen molar-refractivity contribution in [3.63, 3.8) is 0 Å². The van der Waals surface area contributed by atoms with Gasteiger partial charge in [0, 0.05) is 17.8 Å². The minimum Gasteiger partial charge on any atom is -0.411 e. The molecule has 0 aliphatic rings. The van der Waals surface area contributed by atoms with Gasteiger partial charge in [-0.15, -0.1) is 0 Å². The molecule has 60 valence electrons. The van der Waals surface area contributed by atoms with Gasteiger partial charge in [0.1, 0.15) is 0 Å². The average Bonchev–Trinajstić information content (AvgIpc) is 2.34. The zero-order valence-electron chi connectivity index (χ0n) is 6.65. The van der Waals surface area contributed by atoms with Crippen LogP contribution in [-0.4, -0.2) is 21.2 Å². The molecular formula is C7H11N3O. The number of hydrogen-bond donors (Lipinski definition) is 1. The van der Waals surface area contributed by atoms with Gasteiger partial charge in [-0.1, -0.05) is 5.16 Å². The van der Waals surface area contributed by atoms with E-state index in [0.29, 0.717) is 0 Å². The molecule has 1 aromatic heterocycles. The van der Waals surface area contributed by atoms with Crippen LogP contribution in [-0.2, 0) is 6.54 Å². The maximum Gasteiger partial charge on any atom is 0.0768 e. The minimum atomic E-state index is 0.838. The summed E-state index contributed by atoms with van der Waals surface area (Å²) in [7, 11) is 0. The monoisotopic (exact) mass is 153 g/mol. The fourth-order valence-electron chi connectivity index (χ4n) is 0.969.